The second kappa shape index (κ2) is 3.52. The molecule has 0 bridgehead atoms. The quantitative estimate of drug-likeness (QED) is 0.730. The van der Waals surface area contributed by atoms with Crippen LogP contribution >= 0.6 is 0 Å². The van der Waals surface area contributed by atoms with Crippen LogP contribution < -0.4 is 5.32 Å². The van der Waals surface area contributed by atoms with Crippen LogP contribution in [-0.4, -0.2) is 12.6 Å². The molecule has 0 spiro atoms. The second-order valence-electron chi connectivity index (χ2n) is 6.39. The molecule has 1 nitrogen and oxygen atoms in total. The number of nitrogens with one attached hydrogen (secondary N) is 1. The minimum absolute atomic E-state index is 0.428. The zero-order valence-corrected chi connectivity index (χ0v) is 10.1. The number of rotatable bonds is 3. The molecule has 0 amide bonds. The molecule has 0 aromatic carbocycles. The van der Waals surface area contributed by atoms with E-state index in [4.69, 9.17) is 0 Å². The monoisotopic (exact) mass is 195 g/mol. The molecule has 0 aliphatic heterocycles. The van der Waals surface area contributed by atoms with Gasteiger partial charge < -0.3 is 5.32 Å². The highest BCUT2D eigenvalue weighted by molar-refractivity contribution is 5.01. The van der Waals surface area contributed by atoms with Gasteiger partial charge in [-0.15, -0.1) is 0 Å². The summed E-state index contributed by atoms with van der Waals surface area (Å²) in [7, 11) is 0. The summed E-state index contributed by atoms with van der Waals surface area (Å²) in [6, 6.07) is 0.736. The van der Waals surface area contributed by atoms with Gasteiger partial charge in [-0.25, -0.2) is 0 Å². The standard InChI is InChI=1S/C13H25N/c1-5-14-12(13(2,3)4)11-7-9-6-10(9)8-11/h9-12,14H,5-8H2,1-4H3. The molecule has 82 valence electrons. The molecule has 0 saturated heterocycles. The van der Waals surface area contributed by atoms with Gasteiger partial charge in [0.15, 0.2) is 0 Å². The molecule has 2 rings (SSSR count). The summed E-state index contributed by atoms with van der Waals surface area (Å²) in [6.45, 7) is 10.5. The van der Waals surface area contributed by atoms with Crippen LogP contribution in [0.4, 0.5) is 0 Å². The first-order valence-electron chi connectivity index (χ1n) is 6.25. The van der Waals surface area contributed by atoms with Crippen molar-refractivity contribution in [1.29, 1.82) is 0 Å². The van der Waals surface area contributed by atoms with E-state index >= 15 is 0 Å². The molecule has 1 N–H and O–H groups in total. The predicted molar refractivity (Wildman–Crippen MR) is 61.2 cm³/mol. The summed E-state index contributed by atoms with van der Waals surface area (Å²) < 4.78 is 0. The number of hydrogen-bond donors (Lipinski definition) is 1. The van der Waals surface area contributed by atoms with Crippen molar-refractivity contribution in [3.63, 3.8) is 0 Å². The Bertz CT molecular complexity index is 194. The maximum Gasteiger partial charge on any atom is 0.0144 e. The Morgan fingerprint density at radius 1 is 1.14 bits per heavy atom. The molecule has 0 heterocycles. The molecular formula is C13H25N. The Morgan fingerprint density at radius 2 is 1.71 bits per heavy atom. The highest BCUT2D eigenvalue weighted by atomic mass is 14.9. The first kappa shape index (κ1) is 10.5. The zero-order valence-electron chi connectivity index (χ0n) is 10.1. The predicted octanol–water partition coefficient (Wildman–Crippen LogP) is 3.06. The molecule has 3 unspecified atom stereocenters. The second-order valence-corrected chi connectivity index (χ2v) is 6.39. The van der Waals surface area contributed by atoms with E-state index in [9.17, 15) is 0 Å². The van der Waals surface area contributed by atoms with Gasteiger partial charge in [-0.1, -0.05) is 27.7 Å². The van der Waals surface area contributed by atoms with Crippen LogP contribution in [-0.2, 0) is 0 Å². The zero-order chi connectivity index (χ0) is 10.3. The molecule has 2 fully saturated rings. The molecule has 1 heteroatoms. The van der Waals surface area contributed by atoms with E-state index in [1.165, 1.54) is 12.8 Å². The summed E-state index contributed by atoms with van der Waals surface area (Å²) in [5.41, 5.74) is 0.428. The van der Waals surface area contributed by atoms with Crippen molar-refractivity contribution in [3.8, 4) is 0 Å². The van der Waals surface area contributed by atoms with Crippen LogP contribution in [0.25, 0.3) is 0 Å². The maximum atomic E-state index is 3.71. The average molecular weight is 195 g/mol. The fraction of sp³-hybridized carbons (Fsp3) is 1.00. The van der Waals surface area contributed by atoms with Crippen LogP contribution in [0.3, 0.4) is 0 Å². The fourth-order valence-corrected chi connectivity index (χ4v) is 3.43. The summed E-state index contributed by atoms with van der Waals surface area (Å²) in [6.07, 6.45) is 4.54. The smallest absolute Gasteiger partial charge is 0.0144 e. The van der Waals surface area contributed by atoms with Gasteiger partial charge in [-0.3, -0.25) is 0 Å². The normalized spacial score (nSPS) is 38.1. The third-order valence-corrected chi connectivity index (χ3v) is 4.11. The van der Waals surface area contributed by atoms with Crippen molar-refractivity contribution >= 4 is 0 Å². The molecule has 0 radical (unpaired) electrons. The van der Waals surface area contributed by atoms with Crippen molar-refractivity contribution in [1.82, 2.24) is 5.32 Å². The molecule has 2 aliphatic carbocycles. The van der Waals surface area contributed by atoms with Gasteiger partial charge in [-0.05, 0) is 49.0 Å². The molecule has 2 saturated carbocycles. The van der Waals surface area contributed by atoms with Gasteiger partial charge in [0.05, 0.1) is 0 Å². The van der Waals surface area contributed by atoms with Crippen LogP contribution in [0.2, 0.25) is 0 Å². The first-order chi connectivity index (χ1) is 6.52. The molecule has 3 atom stereocenters. The van der Waals surface area contributed by atoms with Crippen LogP contribution in [0.15, 0.2) is 0 Å². The maximum absolute atomic E-state index is 3.71. The average Bonchev–Trinajstić information content (AvgIpc) is 2.68. The third-order valence-electron chi connectivity index (χ3n) is 4.11. The van der Waals surface area contributed by atoms with Gasteiger partial charge in [0.1, 0.15) is 0 Å². The fourth-order valence-electron chi connectivity index (χ4n) is 3.43. The van der Waals surface area contributed by atoms with E-state index in [1.54, 1.807) is 6.42 Å². The Labute approximate surface area is 88.7 Å². The molecule has 0 aromatic rings. The highest BCUT2D eigenvalue weighted by Crippen LogP contribution is 2.56. The van der Waals surface area contributed by atoms with Crippen molar-refractivity contribution in [3.05, 3.63) is 0 Å². The lowest BCUT2D eigenvalue weighted by atomic mass is 9.77. The van der Waals surface area contributed by atoms with E-state index in [0.29, 0.717) is 5.41 Å². The molecule has 0 aromatic heterocycles. The molecule has 2 aliphatic rings. The lowest BCUT2D eigenvalue weighted by Crippen LogP contribution is -2.45. The van der Waals surface area contributed by atoms with E-state index in [0.717, 1.165) is 30.3 Å². The number of fused-ring (bicyclic) bond motifs is 1. The molecule has 14 heavy (non-hydrogen) atoms. The van der Waals surface area contributed by atoms with Gasteiger partial charge in [0.25, 0.3) is 0 Å². The topological polar surface area (TPSA) is 12.0 Å². The molecular weight excluding hydrogens is 170 g/mol. The summed E-state index contributed by atoms with van der Waals surface area (Å²) in [5, 5.41) is 3.71. The Kier molecular flexibility index (Phi) is 2.63. The van der Waals surface area contributed by atoms with Crippen molar-refractivity contribution in [2.75, 3.05) is 6.54 Å². The lowest BCUT2D eigenvalue weighted by Gasteiger charge is -2.36. The lowest BCUT2D eigenvalue weighted by molar-refractivity contribution is 0.187. The highest BCUT2D eigenvalue weighted by Gasteiger charge is 2.49. The summed E-state index contributed by atoms with van der Waals surface area (Å²) in [4.78, 5) is 0. The van der Waals surface area contributed by atoms with E-state index in [2.05, 4.69) is 33.0 Å². The van der Waals surface area contributed by atoms with E-state index < -0.39 is 0 Å². The van der Waals surface area contributed by atoms with Gasteiger partial charge in [0, 0.05) is 6.04 Å². The minimum Gasteiger partial charge on any atom is -0.313 e. The largest absolute Gasteiger partial charge is 0.313 e. The van der Waals surface area contributed by atoms with E-state index in [1.807, 2.05) is 0 Å². The Hall–Kier alpha value is -0.0400. The Morgan fingerprint density at radius 3 is 2.14 bits per heavy atom. The van der Waals surface area contributed by atoms with E-state index in [-0.39, 0.29) is 0 Å². The number of hydrogen-bond acceptors (Lipinski definition) is 1. The Balaban J connectivity index is 1.96. The van der Waals surface area contributed by atoms with Gasteiger partial charge >= 0.3 is 0 Å². The van der Waals surface area contributed by atoms with Crippen molar-refractivity contribution < 1.29 is 0 Å². The van der Waals surface area contributed by atoms with Crippen molar-refractivity contribution in [2.24, 2.45) is 23.2 Å². The van der Waals surface area contributed by atoms with Gasteiger partial charge in [-0.2, -0.15) is 0 Å². The third kappa shape index (κ3) is 1.98. The first-order valence-corrected chi connectivity index (χ1v) is 6.25. The van der Waals surface area contributed by atoms with Crippen LogP contribution in [0, 0.1) is 23.2 Å². The van der Waals surface area contributed by atoms with Crippen LogP contribution in [0.5, 0.6) is 0 Å². The van der Waals surface area contributed by atoms with Crippen molar-refractivity contribution in [2.45, 2.75) is 53.0 Å². The summed E-state index contributed by atoms with van der Waals surface area (Å²) >= 11 is 0. The SMILES string of the molecule is CCNC(C1CC2CC2C1)C(C)(C)C. The minimum atomic E-state index is 0.428. The van der Waals surface area contributed by atoms with Gasteiger partial charge in [0.2, 0.25) is 0 Å². The summed E-state index contributed by atoms with van der Waals surface area (Å²) in [5.74, 6) is 3.19. The van der Waals surface area contributed by atoms with Crippen LogP contribution in [0.1, 0.15) is 47.0 Å².